The zero-order valence-corrected chi connectivity index (χ0v) is 23.7. The lowest BCUT2D eigenvalue weighted by Gasteiger charge is -2.21. The minimum absolute atomic E-state index is 0.112. The lowest BCUT2D eigenvalue weighted by atomic mass is 10.1. The Kier molecular flexibility index (Phi) is 11.3. The maximum atomic E-state index is 12.5. The van der Waals surface area contributed by atoms with Crippen LogP contribution >= 0.6 is 28.3 Å². The first-order valence-electron chi connectivity index (χ1n) is 11.8. The number of thiol groups is 1. The molecule has 0 radical (unpaired) electrons. The molecule has 3 heterocycles. The van der Waals surface area contributed by atoms with Crippen LogP contribution in [0.5, 0.6) is 0 Å². The highest BCUT2D eigenvalue weighted by atomic mass is 32.1. The van der Waals surface area contributed by atoms with Crippen LogP contribution in [0.4, 0.5) is 10.7 Å². The molecule has 1 fully saturated rings. The lowest BCUT2D eigenvalue weighted by Crippen LogP contribution is -2.41. The van der Waals surface area contributed by atoms with Gasteiger partial charge in [0.05, 0.1) is 12.9 Å². The van der Waals surface area contributed by atoms with Crippen molar-refractivity contribution in [1.82, 2.24) is 30.2 Å². The van der Waals surface area contributed by atoms with Crippen molar-refractivity contribution in [2.24, 2.45) is 0 Å². The van der Waals surface area contributed by atoms with Crippen LogP contribution in [0.3, 0.4) is 0 Å². The van der Waals surface area contributed by atoms with Gasteiger partial charge < -0.3 is 45.6 Å². The molecule has 1 saturated heterocycles. The second-order valence-electron chi connectivity index (χ2n) is 8.49. The molecule has 0 aromatic carbocycles. The van der Waals surface area contributed by atoms with E-state index in [0.29, 0.717) is 25.1 Å². The number of H-pyrrole nitrogens is 1. The number of hydrogen-bond acceptors (Lipinski definition) is 14. The van der Waals surface area contributed by atoms with Gasteiger partial charge in [-0.3, -0.25) is 23.7 Å². The van der Waals surface area contributed by atoms with Crippen LogP contribution in [-0.2, 0) is 32.2 Å². The highest BCUT2D eigenvalue weighted by Gasteiger charge is 2.49. The van der Waals surface area contributed by atoms with Crippen LogP contribution in [0, 0.1) is 0 Å². The number of imidazole rings is 1. The summed E-state index contributed by atoms with van der Waals surface area (Å²) in [6.45, 7) is -0.457. The fourth-order valence-corrected chi connectivity index (χ4v) is 5.51. The van der Waals surface area contributed by atoms with Gasteiger partial charge in [-0.15, -0.1) is 0 Å². The first kappa shape index (κ1) is 32.9. The number of anilines is 1. The Morgan fingerprint density at radius 2 is 1.90 bits per heavy atom. The third-order valence-electron chi connectivity index (χ3n) is 5.42. The van der Waals surface area contributed by atoms with Gasteiger partial charge in [0.25, 0.3) is 5.56 Å². The maximum Gasteiger partial charge on any atom is 0.481 e. The zero-order valence-electron chi connectivity index (χ0n) is 21.1. The van der Waals surface area contributed by atoms with Gasteiger partial charge in [-0.1, -0.05) is 0 Å². The van der Waals surface area contributed by atoms with Crippen molar-refractivity contribution in [3.8, 4) is 0 Å². The van der Waals surface area contributed by atoms with Gasteiger partial charge in [-0.25, -0.2) is 18.9 Å². The average Bonchev–Trinajstić information content (AvgIpc) is 3.40. The minimum atomic E-state index is -5.43. The smallest absolute Gasteiger partial charge is 0.440 e. The number of unbranched alkanes of at least 4 members (excludes halogenated alkanes) is 1. The molecule has 0 saturated carbocycles. The first-order valence-corrected chi connectivity index (χ1v) is 15.5. The second kappa shape index (κ2) is 14.1. The number of amides is 2. The minimum Gasteiger partial charge on any atom is -0.440 e. The van der Waals surface area contributed by atoms with E-state index in [1.807, 2.05) is 0 Å². The number of carbonyl (C=O) groups excluding carboxylic acids is 2. The predicted octanol–water partition coefficient (Wildman–Crippen LogP) is -1.50. The number of nitrogens with one attached hydrogen (secondary N) is 3. The molecule has 23 heteroatoms. The van der Waals surface area contributed by atoms with E-state index in [9.17, 15) is 33.5 Å². The molecule has 230 valence electrons. The fraction of sp³-hybridized carbons (Fsp3) is 0.611. The molecule has 5 atom stereocenters. The molecule has 1 aliphatic rings. The van der Waals surface area contributed by atoms with Gasteiger partial charge in [-0.2, -0.15) is 21.9 Å². The number of aliphatic hydroxyl groups is 1. The molecular formula is C18H29N7O13P2S. The molecule has 0 bridgehead atoms. The van der Waals surface area contributed by atoms with Gasteiger partial charge in [-0.05, 0) is 18.6 Å². The van der Waals surface area contributed by atoms with E-state index in [4.69, 9.17) is 25.0 Å². The second-order valence-corrected chi connectivity index (χ2v) is 11.8. The number of aromatic amines is 1. The number of phosphoric ester groups is 1. The summed E-state index contributed by atoms with van der Waals surface area (Å²) in [5.74, 6) is -0.0203. The quantitative estimate of drug-likeness (QED) is 0.0641. The summed E-state index contributed by atoms with van der Waals surface area (Å²) in [6.07, 6.45) is -4.89. The van der Waals surface area contributed by atoms with Crippen molar-refractivity contribution in [2.75, 3.05) is 31.2 Å². The number of carbonyl (C=O) groups is 2. The van der Waals surface area contributed by atoms with E-state index in [0.717, 1.165) is 10.9 Å². The molecule has 41 heavy (non-hydrogen) atoms. The van der Waals surface area contributed by atoms with E-state index in [-0.39, 0.29) is 36.0 Å². The Morgan fingerprint density at radius 1 is 1.22 bits per heavy atom. The third-order valence-corrected chi connectivity index (χ3v) is 7.80. The number of nitrogen functional groups attached to an aromatic ring is 1. The average molecular weight is 645 g/mol. The largest absolute Gasteiger partial charge is 0.481 e. The summed E-state index contributed by atoms with van der Waals surface area (Å²) in [7, 11) is -10.8. The number of nitrogens with two attached hydrogens (primary N) is 1. The van der Waals surface area contributed by atoms with Crippen molar-refractivity contribution in [2.45, 2.75) is 43.8 Å². The number of nitrogens with zero attached hydrogens (tertiary/aromatic N) is 3. The van der Waals surface area contributed by atoms with Gasteiger partial charge >= 0.3 is 21.7 Å². The van der Waals surface area contributed by atoms with Crippen LogP contribution in [0.1, 0.15) is 25.5 Å². The highest BCUT2D eigenvalue weighted by molar-refractivity contribution is 7.80. The number of alkyl carbamates (subject to hydrolysis) is 1. The molecule has 0 spiro atoms. The van der Waals surface area contributed by atoms with Crippen LogP contribution in [0.25, 0.3) is 11.2 Å². The molecule has 2 aromatic heterocycles. The molecule has 3 rings (SSSR count). The standard InChI is InChI=1S/C18H29N7O13P2S/c19-17-23-14-11(15(28)24-17)22-8-25(14)16-12(27)13(9(36-16)7-35-40(33,34)38-39(30,31)32)37-18(29)21-5-2-1-4-20-10(26)3-6-41/h8-9,12-13,16,27,41H,1-7H2,(H,20,26)(H,21,29)(H,33,34)(H2,30,31,32)(H3,19,23,24,28)/t9-,12-,13-,16-/m1/s1. The molecule has 1 aliphatic heterocycles. The topological polar surface area (TPSA) is 300 Å². The van der Waals surface area contributed by atoms with Crippen molar-refractivity contribution in [1.29, 1.82) is 0 Å². The van der Waals surface area contributed by atoms with Gasteiger partial charge in [0.2, 0.25) is 11.9 Å². The van der Waals surface area contributed by atoms with Crippen molar-refractivity contribution in [3.05, 3.63) is 16.7 Å². The van der Waals surface area contributed by atoms with E-state index in [1.54, 1.807) is 0 Å². The van der Waals surface area contributed by atoms with Crippen molar-refractivity contribution < 1.29 is 56.8 Å². The number of fused-ring (bicyclic) bond motifs is 1. The first-order chi connectivity index (χ1) is 19.2. The monoisotopic (exact) mass is 645 g/mol. The van der Waals surface area contributed by atoms with Crippen LogP contribution in [0.2, 0.25) is 0 Å². The maximum absolute atomic E-state index is 12.5. The molecule has 2 aromatic rings. The molecule has 0 aliphatic carbocycles. The number of hydrogen-bond donors (Lipinski definition) is 9. The lowest BCUT2D eigenvalue weighted by molar-refractivity contribution is -0.120. The fourth-order valence-electron chi connectivity index (χ4n) is 3.71. The Morgan fingerprint density at radius 3 is 2.56 bits per heavy atom. The predicted molar refractivity (Wildman–Crippen MR) is 140 cm³/mol. The number of aromatic nitrogens is 4. The van der Waals surface area contributed by atoms with E-state index in [2.05, 4.69) is 47.0 Å². The molecule has 9 N–H and O–H groups in total. The summed E-state index contributed by atoms with van der Waals surface area (Å²) >= 11 is 3.96. The number of rotatable bonds is 14. The highest BCUT2D eigenvalue weighted by Crippen LogP contribution is 2.57. The van der Waals surface area contributed by atoms with Crippen LogP contribution in [-0.4, -0.2) is 95.1 Å². The van der Waals surface area contributed by atoms with E-state index in [1.165, 1.54) is 0 Å². The molecular weight excluding hydrogens is 616 g/mol. The molecule has 2 amide bonds. The van der Waals surface area contributed by atoms with Gasteiger partial charge in [0.1, 0.15) is 12.2 Å². The number of ether oxygens (including phenoxy) is 2. The number of aliphatic hydroxyl groups excluding tert-OH is 1. The zero-order chi connectivity index (χ0) is 30.4. The van der Waals surface area contributed by atoms with E-state index < -0.39 is 58.4 Å². The Bertz CT molecular complexity index is 1380. The van der Waals surface area contributed by atoms with Gasteiger partial charge in [0, 0.05) is 19.5 Å². The Hall–Kier alpha value is -2.58. The summed E-state index contributed by atoms with van der Waals surface area (Å²) in [6, 6.07) is 0. The van der Waals surface area contributed by atoms with Crippen LogP contribution < -0.4 is 21.9 Å². The summed E-state index contributed by atoms with van der Waals surface area (Å²) < 4.78 is 43.3. The van der Waals surface area contributed by atoms with Crippen molar-refractivity contribution in [3.63, 3.8) is 0 Å². The SMILES string of the molecule is Nc1nc2c(ncn2[C@@H]2O[C@H](COP(=O)(O)OP(=O)(O)O)[C@@H](OC(=O)NCCCCNC(=O)CCS)[C@H]2O)c(=O)[nH]1. The molecule has 20 nitrogen and oxygen atoms in total. The van der Waals surface area contributed by atoms with Gasteiger partial charge in [0.15, 0.2) is 23.5 Å². The normalized spacial score (nSPS) is 22.4. The number of phosphoric acid groups is 2. The third kappa shape index (κ3) is 9.47. The summed E-state index contributed by atoms with van der Waals surface area (Å²) in [5, 5.41) is 16.1. The van der Waals surface area contributed by atoms with Crippen LogP contribution in [0.15, 0.2) is 11.1 Å². The van der Waals surface area contributed by atoms with E-state index >= 15 is 0 Å². The molecule has 1 unspecified atom stereocenters. The Labute approximate surface area is 236 Å². The summed E-state index contributed by atoms with van der Waals surface area (Å²) in [5.41, 5.74) is 4.62. The van der Waals surface area contributed by atoms with Crippen molar-refractivity contribution >= 4 is 57.4 Å². The Balaban J connectivity index is 1.69. The summed E-state index contributed by atoms with van der Waals surface area (Å²) in [4.78, 5) is 73.3.